The van der Waals surface area contributed by atoms with E-state index in [1.54, 1.807) is 37.3 Å². The number of rotatable bonds is 7. The lowest BCUT2D eigenvalue weighted by atomic mass is 9.93. The summed E-state index contributed by atoms with van der Waals surface area (Å²) in [5, 5.41) is 11.4. The van der Waals surface area contributed by atoms with Gasteiger partial charge in [0.1, 0.15) is 17.3 Å². The van der Waals surface area contributed by atoms with Crippen LogP contribution < -0.4 is 23.8 Å². The Labute approximate surface area is 213 Å². The highest BCUT2D eigenvalue weighted by atomic mass is 19.1. The van der Waals surface area contributed by atoms with Gasteiger partial charge in [0.15, 0.2) is 11.5 Å². The fourth-order valence-electron chi connectivity index (χ4n) is 4.47. The van der Waals surface area contributed by atoms with Crippen molar-refractivity contribution in [1.82, 2.24) is 0 Å². The summed E-state index contributed by atoms with van der Waals surface area (Å²) in [4.78, 5) is 27.9. The van der Waals surface area contributed by atoms with Crippen LogP contribution in [0.1, 0.15) is 22.7 Å². The number of aliphatic hydroxyl groups excluding tert-OH is 1. The van der Waals surface area contributed by atoms with E-state index in [0.717, 1.165) is 11.0 Å². The van der Waals surface area contributed by atoms with Gasteiger partial charge in [-0.25, -0.2) is 4.39 Å². The smallest absolute Gasteiger partial charge is 0.300 e. The van der Waals surface area contributed by atoms with Crippen molar-refractivity contribution in [1.29, 1.82) is 0 Å². The SMILES string of the molecule is COc1ccc(/C(O)=C2\C(=O)C(=O)N(c3cccc(F)c3)C2c2cc(OC)c(OC)c(OC)c2)c(C)c1. The molecule has 8 nitrogen and oxygen atoms in total. The van der Waals surface area contributed by atoms with Crippen molar-refractivity contribution in [2.24, 2.45) is 0 Å². The minimum Gasteiger partial charge on any atom is -0.507 e. The number of ketones is 1. The van der Waals surface area contributed by atoms with E-state index in [9.17, 15) is 19.1 Å². The molecule has 1 aliphatic heterocycles. The van der Waals surface area contributed by atoms with Crippen molar-refractivity contribution in [3.63, 3.8) is 0 Å². The first-order chi connectivity index (χ1) is 17.7. The summed E-state index contributed by atoms with van der Waals surface area (Å²) in [6.07, 6.45) is 0. The van der Waals surface area contributed by atoms with E-state index in [1.165, 1.54) is 46.6 Å². The van der Waals surface area contributed by atoms with Crippen LogP contribution in [0.5, 0.6) is 23.0 Å². The van der Waals surface area contributed by atoms with Crippen LogP contribution in [0.15, 0.2) is 60.2 Å². The fourth-order valence-corrected chi connectivity index (χ4v) is 4.47. The van der Waals surface area contributed by atoms with Gasteiger partial charge in [-0.3, -0.25) is 14.5 Å². The van der Waals surface area contributed by atoms with E-state index in [1.807, 2.05) is 0 Å². The number of carbonyl (C=O) groups is 2. The molecule has 1 aliphatic rings. The van der Waals surface area contributed by atoms with E-state index in [2.05, 4.69) is 0 Å². The number of ether oxygens (including phenoxy) is 4. The number of anilines is 1. The second-order valence-electron chi connectivity index (χ2n) is 8.29. The lowest BCUT2D eigenvalue weighted by molar-refractivity contribution is -0.132. The first-order valence-electron chi connectivity index (χ1n) is 11.3. The molecular weight excluding hydrogens is 481 g/mol. The summed E-state index contributed by atoms with van der Waals surface area (Å²) in [5.41, 5.74) is 1.32. The van der Waals surface area contributed by atoms with Crippen LogP contribution in [0.2, 0.25) is 0 Å². The molecule has 192 valence electrons. The van der Waals surface area contributed by atoms with E-state index in [0.29, 0.717) is 28.2 Å². The highest BCUT2D eigenvalue weighted by molar-refractivity contribution is 6.51. The van der Waals surface area contributed by atoms with Gasteiger partial charge in [-0.1, -0.05) is 6.07 Å². The van der Waals surface area contributed by atoms with E-state index in [-0.39, 0.29) is 28.5 Å². The average Bonchev–Trinajstić information content (AvgIpc) is 3.17. The summed E-state index contributed by atoms with van der Waals surface area (Å²) >= 11 is 0. The van der Waals surface area contributed by atoms with Gasteiger partial charge >= 0.3 is 0 Å². The molecule has 9 heteroatoms. The molecule has 0 spiro atoms. The Morgan fingerprint density at radius 2 is 1.57 bits per heavy atom. The first-order valence-corrected chi connectivity index (χ1v) is 11.3. The van der Waals surface area contributed by atoms with Crippen LogP contribution in [0.3, 0.4) is 0 Å². The molecular formula is C28H26FNO7. The summed E-state index contributed by atoms with van der Waals surface area (Å²) in [6, 6.07) is 12.3. The van der Waals surface area contributed by atoms with Crippen LogP contribution in [-0.4, -0.2) is 45.2 Å². The Balaban J connectivity index is 2.03. The van der Waals surface area contributed by atoms with Gasteiger partial charge in [0.2, 0.25) is 5.75 Å². The van der Waals surface area contributed by atoms with Gasteiger partial charge in [-0.15, -0.1) is 0 Å². The van der Waals surface area contributed by atoms with E-state index < -0.39 is 23.5 Å². The van der Waals surface area contributed by atoms with Crippen molar-refractivity contribution in [2.45, 2.75) is 13.0 Å². The number of aliphatic hydroxyl groups is 1. The molecule has 3 aromatic carbocycles. The van der Waals surface area contributed by atoms with Gasteiger partial charge in [0.05, 0.1) is 40.1 Å². The highest BCUT2D eigenvalue weighted by Gasteiger charge is 2.47. The zero-order valence-corrected chi connectivity index (χ0v) is 21.0. The van der Waals surface area contributed by atoms with Crippen LogP contribution in [0.25, 0.3) is 5.76 Å². The molecule has 4 rings (SSSR count). The molecule has 37 heavy (non-hydrogen) atoms. The summed E-state index contributed by atoms with van der Waals surface area (Å²) < 4.78 is 35.8. The first kappa shape index (κ1) is 25.6. The average molecular weight is 508 g/mol. The van der Waals surface area contributed by atoms with Crippen molar-refractivity contribution in [3.05, 3.63) is 82.7 Å². The molecule has 0 saturated carbocycles. The Kier molecular flexibility index (Phi) is 7.06. The Morgan fingerprint density at radius 3 is 2.11 bits per heavy atom. The maximum absolute atomic E-state index is 14.2. The van der Waals surface area contributed by atoms with Crippen molar-refractivity contribution >= 4 is 23.1 Å². The summed E-state index contributed by atoms with van der Waals surface area (Å²) in [7, 11) is 5.84. The van der Waals surface area contributed by atoms with Crippen molar-refractivity contribution in [3.8, 4) is 23.0 Å². The number of halogens is 1. The summed E-state index contributed by atoms with van der Waals surface area (Å²) in [6.45, 7) is 1.74. The third-order valence-electron chi connectivity index (χ3n) is 6.22. The van der Waals surface area contributed by atoms with Crippen LogP contribution >= 0.6 is 0 Å². The molecule has 1 saturated heterocycles. The molecule has 1 atom stereocenters. The standard InChI is InChI=1S/C28H26FNO7/c1-15-11-19(34-2)9-10-20(15)25(31)23-24(16-12-21(35-3)27(37-5)22(13-16)36-4)30(28(33)26(23)32)18-8-6-7-17(29)14-18/h6-14,24,31H,1-5H3/b25-23+. The maximum Gasteiger partial charge on any atom is 0.300 e. The molecule has 1 N–H and O–H groups in total. The summed E-state index contributed by atoms with van der Waals surface area (Å²) in [5.74, 6) is -1.37. The predicted molar refractivity (Wildman–Crippen MR) is 135 cm³/mol. The number of aryl methyl sites for hydroxylation is 1. The number of hydrogen-bond acceptors (Lipinski definition) is 7. The third kappa shape index (κ3) is 4.44. The lowest BCUT2D eigenvalue weighted by Gasteiger charge is -2.26. The quantitative estimate of drug-likeness (QED) is 0.279. The Morgan fingerprint density at radius 1 is 0.892 bits per heavy atom. The second kappa shape index (κ2) is 10.2. The number of benzene rings is 3. The number of nitrogens with zero attached hydrogens (tertiary/aromatic N) is 1. The van der Waals surface area contributed by atoms with Crippen LogP contribution in [0, 0.1) is 12.7 Å². The topological polar surface area (TPSA) is 94.5 Å². The zero-order valence-electron chi connectivity index (χ0n) is 21.0. The van der Waals surface area contributed by atoms with Crippen molar-refractivity contribution < 1.29 is 38.0 Å². The second-order valence-corrected chi connectivity index (χ2v) is 8.29. The Hall–Kier alpha value is -4.53. The molecule has 0 aliphatic carbocycles. The predicted octanol–water partition coefficient (Wildman–Crippen LogP) is 4.79. The number of Topliss-reactive ketones (excluding diaryl/α,β-unsaturated/α-hetero) is 1. The van der Waals surface area contributed by atoms with E-state index in [4.69, 9.17) is 18.9 Å². The van der Waals surface area contributed by atoms with Gasteiger partial charge in [-0.2, -0.15) is 0 Å². The number of hydrogen-bond donors (Lipinski definition) is 1. The number of amides is 1. The lowest BCUT2D eigenvalue weighted by Crippen LogP contribution is -2.29. The highest BCUT2D eigenvalue weighted by Crippen LogP contribution is 2.47. The number of carbonyl (C=O) groups excluding carboxylic acids is 2. The monoisotopic (exact) mass is 507 g/mol. The molecule has 1 amide bonds. The van der Waals surface area contributed by atoms with Gasteiger partial charge < -0.3 is 24.1 Å². The van der Waals surface area contributed by atoms with E-state index >= 15 is 0 Å². The minimum absolute atomic E-state index is 0.145. The molecule has 3 aromatic rings. The molecule has 1 heterocycles. The molecule has 0 radical (unpaired) electrons. The largest absolute Gasteiger partial charge is 0.507 e. The molecule has 0 bridgehead atoms. The molecule has 0 aromatic heterocycles. The third-order valence-corrected chi connectivity index (χ3v) is 6.22. The number of methoxy groups -OCH3 is 4. The Bertz CT molecular complexity index is 1390. The van der Waals surface area contributed by atoms with Gasteiger partial charge in [0.25, 0.3) is 11.7 Å². The normalized spacial score (nSPS) is 16.6. The minimum atomic E-state index is -1.13. The maximum atomic E-state index is 14.2. The van der Waals surface area contributed by atoms with Crippen molar-refractivity contribution in [2.75, 3.05) is 33.3 Å². The van der Waals surface area contributed by atoms with Crippen LogP contribution in [-0.2, 0) is 9.59 Å². The van der Waals surface area contributed by atoms with Gasteiger partial charge in [0, 0.05) is 11.3 Å². The fraction of sp³-hybridized carbons (Fsp3) is 0.214. The molecule has 1 unspecified atom stereocenters. The zero-order chi connectivity index (χ0) is 26.9. The van der Waals surface area contributed by atoms with Crippen LogP contribution in [0.4, 0.5) is 10.1 Å². The molecule has 1 fully saturated rings. The van der Waals surface area contributed by atoms with Gasteiger partial charge in [-0.05, 0) is 66.6 Å².